The van der Waals surface area contributed by atoms with Crippen LogP contribution in [0.2, 0.25) is 0 Å². The van der Waals surface area contributed by atoms with E-state index in [1.165, 1.54) is 18.5 Å². The van der Waals surface area contributed by atoms with Gasteiger partial charge >= 0.3 is 5.91 Å². The van der Waals surface area contributed by atoms with Gasteiger partial charge in [-0.05, 0) is 18.9 Å². The van der Waals surface area contributed by atoms with Crippen LogP contribution in [0.5, 0.6) is 0 Å². The fraction of sp³-hybridized carbons (Fsp3) is 0.250. The molecule has 18 heavy (non-hydrogen) atoms. The largest absolute Gasteiger partial charge is 0.435 e. The van der Waals surface area contributed by atoms with Gasteiger partial charge < -0.3 is 4.42 Å². The van der Waals surface area contributed by atoms with Gasteiger partial charge in [0.15, 0.2) is 5.89 Å². The minimum absolute atomic E-state index is 0.118. The number of oxazole rings is 1. The number of amides is 1. The van der Waals surface area contributed by atoms with Gasteiger partial charge in [-0.2, -0.15) is 0 Å². The summed E-state index contributed by atoms with van der Waals surface area (Å²) in [6.07, 6.45) is 4.97. The molecule has 0 unspecified atom stereocenters. The molecule has 1 aliphatic carbocycles. The topological polar surface area (TPSA) is 77.1 Å². The summed E-state index contributed by atoms with van der Waals surface area (Å²) >= 11 is 0. The molecule has 0 bridgehead atoms. The van der Waals surface area contributed by atoms with Crippen LogP contribution in [0, 0.1) is 0 Å². The number of hydrogen-bond donors (Lipinski definition) is 1. The molecule has 2 aromatic heterocycles. The minimum Gasteiger partial charge on any atom is -0.435 e. The predicted octanol–water partition coefficient (Wildman–Crippen LogP) is 1.10. The number of hydrogen-bond acceptors (Lipinski definition) is 4. The zero-order chi connectivity index (χ0) is 12.5. The Morgan fingerprint density at radius 2 is 2.28 bits per heavy atom. The van der Waals surface area contributed by atoms with Crippen LogP contribution in [0.3, 0.4) is 0 Å². The van der Waals surface area contributed by atoms with E-state index in [1.807, 2.05) is 0 Å². The Morgan fingerprint density at radius 1 is 1.44 bits per heavy atom. The Balaban J connectivity index is 1.78. The van der Waals surface area contributed by atoms with E-state index in [0.29, 0.717) is 11.8 Å². The van der Waals surface area contributed by atoms with E-state index < -0.39 is 5.91 Å². The van der Waals surface area contributed by atoms with Crippen molar-refractivity contribution in [3.63, 3.8) is 0 Å². The quantitative estimate of drug-likeness (QED) is 0.878. The lowest BCUT2D eigenvalue weighted by Gasteiger charge is -2.04. The van der Waals surface area contributed by atoms with Crippen molar-refractivity contribution >= 4 is 5.91 Å². The lowest BCUT2D eigenvalue weighted by atomic mass is 10.4. The maximum atomic E-state index is 11.8. The van der Waals surface area contributed by atoms with Crippen LogP contribution >= 0.6 is 0 Å². The van der Waals surface area contributed by atoms with Crippen LogP contribution in [0.25, 0.3) is 0 Å². The van der Waals surface area contributed by atoms with Crippen LogP contribution < -0.4 is 11.0 Å². The third-order valence-corrected chi connectivity index (χ3v) is 2.72. The monoisotopic (exact) mass is 245 g/mol. The van der Waals surface area contributed by atoms with Gasteiger partial charge in [-0.15, -0.1) is 0 Å². The number of nitrogens with one attached hydrogen (secondary N) is 1. The van der Waals surface area contributed by atoms with Crippen molar-refractivity contribution < 1.29 is 9.21 Å². The molecular formula is C12H11N3O3. The number of nitrogens with zero attached hydrogens (tertiary/aromatic N) is 2. The van der Waals surface area contributed by atoms with Gasteiger partial charge in [0.1, 0.15) is 0 Å². The van der Waals surface area contributed by atoms with Gasteiger partial charge in [0.2, 0.25) is 5.76 Å². The molecule has 0 aromatic carbocycles. The number of rotatable bonds is 3. The van der Waals surface area contributed by atoms with Gasteiger partial charge in [-0.3, -0.25) is 15.0 Å². The third-order valence-electron chi connectivity index (χ3n) is 2.72. The van der Waals surface area contributed by atoms with E-state index in [9.17, 15) is 9.59 Å². The first kappa shape index (κ1) is 10.8. The smallest absolute Gasteiger partial charge is 0.307 e. The molecule has 0 atom stereocenters. The molecule has 1 N–H and O–H groups in total. The van der Waals surface area contributed by atoms with Crippen molar-refractivity contribution in [2.75, 3.05) is 5.43 Å². The molecule has 1 amide bonds. The van der Waals surface area contributed by atoms with Crippen molar-refractivity contribution in [2.24, 2.45) is 0 Å². The van der Waals surface area contributed by atoms with E-state index in [2.05, 4.69) is 10.4 Å². The van der Waals surface area contributed by atoms with Crippen LogP contribution in [0.1, 0.15) is 35.2 Å². The predicted molar refractivity (Wildman–Crippen MR) is 62.9 cm³/mol. The fourth-order valence-corrected chi connectivity index (χ4v) is 1.60. The molecule has 0 spiro atoms. The first-order valence-corrected chi connectivity index (χ1v) is 5.69. The standard InChI is InChI=1S/C12H11N3O3/c16-10-3-1-2-6-15(10)14-11(17)9-7-13-12(18-9)8-4-5-8/h1-3,6-8H,4-5H2,(H,14,17). The van der Waals surface area contributed by atoms with Crippen LogP contribution in [0.4, 0.5) is 0 Å². The van der Waals surface area contributed by atoms with Crippen molar-refractivity contribution in [1.82, 2.24) is 9.66 Å². The molecule has 3 rings (SSSR count). The summed E-state index contributed by atoms with van der Waals surface area (Å²) in [7, 11) is 0. The molecule has 0 aliphatic heterocycles. The van der Waals surface area contributed by atoms with Crippen LogP contribution in [0.15, 0.2) is 39.8 Å². The molecule has 2 heterocycles. The van der Waals surface area contributed by atoms with E-state index in [1.54, 1.807) is 12.1 Å². The maximum absolute atomic E-state index is 11.8. The first-order valence-electron chi connectivity index (χ1n) is 5.69. The van der Waals surface area contributed by atoms with E-state index in [-0.39, 0.29) is 11.3 Å². The Hall–Kier alpha value is -2.37. The van der Waals surface area contributed by atoms with Gasteiger partial charge in [0.25, 0.3) is 5.56 Å². The molecule has 0 saturated heterocycles. The second-order valence-electron chi connectivity index (χ2n) is 4.19. The third kappa shape index (κ3) is 2.04. The maximum Gasteiger partial charge on any atom is 0.307 e. The Bertz CT molecular complexity index is 640. The van der Waals surface area contributed by atoms with Crippen molar-refractivity contribution in [2.45, 2.75) is 18.8 Å². The van der Waals surface area contributed by atoms with E-state index in [4.69, 9.17) is 4.42 Å². The number of pyridine rings is 1. The normalized spacial score (nSPS) is 14.4. The lowest BCUT2D eigenvalue weighted by molar-refractivity contribution is 0.0979. The summed E-state index contributed by atoms with van der Waals surface area (Å²) in [5.41, 5.74) is 2.12. The Morgan fingerprint density at radius 3 is 3.00 bits per heavy atom. The lowest BCUT2D eigenvalue weighted by Crippen LogP contribution is -2.31. The van der Waals surface area contributed by atoms with E-state index in [0.717, 1.165) is 17.5 Å². The Kier molecular flexibility index (Phi) is 2.47. The highest BCUT2D eigenvalue weighted by Gasteiger charge is 2.29. The van der Waals surface area contributed by atoms with Crippen LogP contribution in [-0.4, -0.2) is 15.6 Å². The highest BCUT2D eigenvalue weighted by atomic mass is 16.4. The van der Waals surface area contributed by atoms with Crippen LogP contribution in [-0.2, 0) is 0 Å². The molecule has 1 saturated carbocycles. The Labute approximate surface area is 102 Å². The molecule has 6 heteroatoms. The van der Waals surface area contributed by atoms with Gasteiger partial charge in [0, 0.05) is 18.2 Å². The second kappa shape index (κ2) is 4.14. The van der Waals surface area contributed by atoms with Crippen molar-refractivity contribution in [1.29, 1.82) is 0 Å². The fourth-order valence-electron chi connectivity index (χ4n) is 1.60. The van der Waals surface area contributed by atoms with Crippen molar-refractivity contribution in [3.05, 3.63) is 52.6 Å². The number of carbonyl (C=O) groups is 1. The van der Waals surface area contributed by atoms with Crippen molar-refractivity contribution in [3.8, 4) is 0 Å². The number of carbonyl (C=O) groups excluding carboxylic acids is 1. The molecule has 0 radical (unpaired) electrons. The molecule has 1 aliphatic rings. The molecule has 92 valence electrons. The summed E-state index contributed by atoms with van der Waals surface area (Å²) in [5.74, 6) is 0.585. The SMILES string of the molecule is O=C(Nn1ccccc1=O)c1cnc(C2CC2)o1. The second-order valence-corrected chi connectivity index (χ2v) is 4.19. The van der Waals surface area contributed by atoms with E-state index >= 15 is 0 Å². The average molecular weight is 245 g/mol. The minimum atomic E-state index is -0.484. The summed E-state index contributed by atoms with van der Waals surface area (Å²) in [4.78, 5) is 27.3. The van der Waals surface area contributed by atoms with Gasteiger partial charge in [-0.1, -0.05) is 6.07 Å². The summed E-state index contributed by atoms with van der Waals surface area (Å²) in [6, 6.07) is 4.61. The molecule has 6 nitrogen and oxygen atoms in total. The highest BCUT2D eigenvalue weighted by Crippen LogP contribution is 2.39. The van der Waals surface area contributed by atoms with Gasteiger partial charge in [0.05, 0.1) is 6.20 Å². The first-order chi connectivity index (χ1) is 8.74. The molecule has 1 fully saturated rings. The number of aromatic nitrogens is 2. The highest BCUT2D eigenvalue weighted by molar-refractivity contribution is 5.97. The molecular weight excluding hydrogens is 234 g/mol. The zero-order valence-corrected chi connectivity index (χ0v) is 9.50. The average Bonchev–Trinajstić information content (AvgIpc) is 3.10. The summed E-state index contributed by atoms with van der Waals surface area (Å²) in [5, 5.41) is 0. The summed E-state index contributed by atoms with van der Waals surface area (Å²) in [6.45, 7) is 0. The van der Waals surface area contributed by atoms with Gasteiger partial charge in [-0.25, -0.2) is 9.66 Å². The zero-order valence-electron chi connectivity index (χ0n) is 9.50. The summed E-state index contributed by atoms with van der Waals surface area (Å²) < 4.78 is 6.44. The molecule has 2 aromatic rings.